The lowest BCUT2D eigenvalue weighted by atomic mass is 10.1. The Morgan fingerprint density at radius 1 is 1.24 bits per heavy atom. The summed E-state index contributed by atoms with van der Waals surface area (Å²) >= 11 is 0. The van der Waals surface area contributed by atoms with Crippen molar-refractivity contribution in [2.75, 3.05) is 5.32 Å². The molecule has 0 radical (unpaired) electrons. The number of furan rings is 1. The van der Waals surface area contributed by atoms with E-state index >= 15 is 0 Å². The second kappa shape index (κ2) is 4.75. The van der Waals surface area contributed by atoms with Crippen molar-refractivity contribution >= 4 is 5.69 Å². The zero-order valence-electron chi connectivity index (χ0n) is 9.95. The molecule has 0 saturated heterocycles. The van der Waals surface area contributed by atoms with Crippen LogP contribution in [0.15, 0.2) is 34.7 Å². The maximum atomic E-state index is 8.65. The number of nitrogens with zero attached hydrogens (tertiary/aromatic N) is 1. The summed E-state index contributed by atoms with van der Waals surface area (Å²) < 4.78 is 5.29. The number of nitrogens with one attached hydrogen (secondary N) is 1. The van der Waals surface area contributed by atoms with Crippen LogP contribution in [0.1, 0.15) is 22.6 Å². The Morgan fingerprint density at radius 2 is 2.06 bits per heavy atom. The van der Waals surface area contributed by atoms with E-state index in [4.69, 9.17) is 9.68 Å². The third-order valence-electron chi connectivity index (χ3n) is 2.61. The number of benzene rings is 1. The van der Waals surface area contributed by atoms with Gasteiger partial charge < -0.3 is 9.73 Å². The molecule has 86 valence electrons. The summed E-state index contributed by atoms with van der Waals surface area (Å²) in [6.07, 6.45) is 0. The topological polar surface area (TPSA) is 49.0 Å². The molecule has 0 unspecified atom stereocenters. The van der Waals surface area contributed by atoms with E-state index in [1.807, 2.05) is 12.1 Å². The van der Waals surface area contributed by atoms with Gasteiger partial charge in [0.05, 0.1) is 6.54 Å². The van der Waals surface area contributed by atoms with E-state index in [-0.39, 0.29) is 0 Å². The summed E-state index contributed by atoms with van der Waals surface area (Å²) in [5.41, 5.74) is 3.54. The molecule has 0 amide bonds. The minimum atomic E-state index is 0.349. The standard InChI is InChI=1S/C14H14N2O/c1-10-3-6-14(11(2)7-10)16-9-13-5-4-12(8-15)17-13/h3-7,16H,9H2,1-2H3. The van der Waals surface area contributed by atoms with Gasteiger partial charge in [-0.2, -0.15) is 5.26 Å². The first-order chi connectivity index (χ1) is 8.19. The van der Waals surface area contributed by atoms with E-state index in [0.29, 0.717) is 12.3 Å². The molecule has 0 spiro atoms. The summed E-state index contributed by atoms with van der Waals surface area (Å²) in [6, 6.07) is 11.7. The summed E-state index contributed by atoms with van der Waals surface area (Å²) in [5, 5.41) is 11.9. The highest BCUT2D eigenvalue weighted by molar-refractivity contribution is 5.51. The first-order valence-electron chi connectivity index (χ1n) is 5.49. The van der Waals surface area contributed by atoms with Gasteiger partial charge in [0.1, 0.15) is 11.8 Å². The SMILES string of the molecule is Cc1ccc(NCc2ccc(C#N)o2)c(C)c1. The van der Waals surface area contributed by atoms with Gasteiger partial charge in [-0.25, -0.2) is 0 Å². The number of aryl methyl sites for hydroxylation is 2. The van der Waals surface area contributed by atoms with Crippen LogP contribution in [0, 0.1) is 25.2 Å². The van der Waals surface area contributed by atoms with Crippen molar-refractivity contribution in [1.82, 2.24) is 0 Å². The minimum Gasteiger partial charge on any atom is -0.449 e. The average Bonchev–Trinajstić information content (AvgIpc) is 2.76. The van der Waals surface area contributed by atoms with Crippen LogP contribution >= 0.6 is 0 Å². The number of hydrogen-bond acceptors (Lipinski definition) is 3. The Hall–Kier alpha value is -2.21. The third kappa shape index (κ3) is 2.67. The summed E-state index contributed by atoms with van der Waals surface area (Å²) in [6.45, 7) is 4.73. The first kappa shape index (κ1) is 11.3. The Morgan fingerprint density at radius 3 is 2.71 bits per heavy atom. The first-order valence-corrected chi connectivity index (χ1v) is 5.49. The van der Waals surface area contributed by atoms with Crippen LogP contribution in [0.25, 0.3) is 0 Å². The number of hydrogen-bond donors (Lipinski definition) is 1. The van der Waals surface area contributed by atoms with Crippen molar-refractivity contribution in [1.29, 1.82) is 5.26 Å². The molecule has 1 aromatic heterocycles. The van der Waals surface area contributed by atoms with Crippen LogP contribution in [0.4, 0.5) is 5.69 Å². The molecule has 0 aliphatic heterocycles. The van der Waals surface area contributed by atoms with Gasteiger partial charge in [0, 0.05) is 5.69 Å². The normalized spacial score (nSPS) is 9.94. The quantitative estimate of drug-likeness (QED) is 0.872. The number of anilines is 1. The highest BCUT2D eigenvalue weighted by Crippen LogP contribution is 2.17. The molecule has 0 atom stereocenters. The van der Waals surface area contributed by atoms with Gasteiger partial charge in [-0.3, -0.25) is 0 Å². The molecule has 17 heavy (non-hydrogen) atoms. The summed E-state index contributed by atoms with van der Waals surface area (Å²) in [7, 11) is 0. The molecule has 2 rings (SSSR count). The lowest BCUT2D eigenvalue weighted by Gasteiger charge is -2.08. The Kier molecular flexibility index (Phi) is 3.15. The lowest BCUT2D eigenvalue weighted by molar-refractivity contribution is 0.506. The summed E-state index contributed by atoms with van der Waals surface area (Å²) in [5.74, 6) is 1.11. The van der Waals surface area contributed by atoms with E-state index in [2.05, 4.69) is 37.4 Å². The molecular weight excluding hydrogens is 212 g/mol. The van der Waals surface area contributed by atoms with Crippen LogP contribution in [0.3, 0.4) is 0 Å². The van der Waals surface area contributed by atoms with Crippen molar-refractivity contribution in [2.45, 2.75) is 20.4 Å². The lowest BCUT2D eigenvalue weighted by Crippen LogP contribution is -2.00. The molecule has 3 heteroatoms. The van der Waals surface area contributed by atoms with Crippen molar-refractivity contribution in [3.63, 3.8) is 0 Å². The van der Waals surface area contributed by atoms with Crippen LogP contribution in [-0.2, 0) is 6.54 Å². The fraction of sp³-hybridized carbons (Fsp3) is 0.214. The van der Waals surface area contributed by atoms with Crippen molar-refractivity contribution in [3.8, 4) is 6.07 Å². The minimum absolute atomic E-state index is 0.349. The van der Waals surface area contributed by atoms with Crippen LogP contribution in [0.2, 0.25) is 0 Å². The molecular formula is C14H14N2O. The van der Waals surface area contributed by atoms with Crippen LogP contribution in [0.5, 0.6) is 0 Å². The van der Waals surface area contributed by atoms with Gasteiger partial charge in [0.25, 0.3) is 0 Å². The largest absolute Gasteiger partial charge is 0.449 e. The van der Waals surface area contributed by atoms with Gasteiger partial charge >= 0.3 is 0 Å². The predicted octanol–water partition coefficient (Wildman–Crippen LogP) is 3.38. The molecule has 0 saturated carbocycles. The van der Waals surface area contributed by atoms with E-state index < -0.39 is 0 Å². The monoisotopic (exact) mass is 226 g/mol. The molecule has 1 N–H and O–H groups in total. The zero-order chi connectivity index (χ0) is 12.3. The molecule has 0 bridgehead atoms. The maximum Gasteiger partial charge on any atom is 0.203 e. The molecule has 0 aliphatic carbocycles. The average molecular weight is 226 g/mol. The van der Waals surface area contributed by atoms with E-state index in [1.165, 1.54) is 11.1 Å². The van der Waals surface area contributed by atoms with Crippen molar-refractivity contribution in [3.05, 3.63) is 53.0 Å². The van der Waals surface area contributed by atoms with E-state index in [0.717, 1.165) is 11.4 Å². The zero-order valence-corrected chi connectivity index (χ0v) is 9.95. The predicted molar refractivity (Wildman–Crippen MR) is 66.7 cm³/mol. The third-order valence-corrected chi connectivity index (χ3v) is 2.61. The van der Waals surface area contributed by atoms with Gasteiger partial charge in [0.2, 0.25) is 5.76 Å². The Balaban J connectivity index is 2.05. The Labute approximate surface area is 101 Å². The van der Waals surface area contributed by atoms with Crippen molar-refractivity contribution in [2.24, 2.45) is 0 Å². The number of rotatable bonds is 3. The highest BCUT2D eigenvalue weighted by Gasteiger charge is 2.02. The van der Waals surface area contributed by atoms with Gasteiger partial charge in [-0.1, -0.05) is 17.7 Å². The second-order valence-electron chi connectivity index (χ2n) is 4.05. The molecule has 3 nitrogen and oxygen atoms in total. The van der Waals surface area contributed by atoms with Gasteiger partial charge in [-0.05, 0) is 37.6 Å². The van der Waals surface area contributed by atoms with Crippen LogP contribution < -0.4 is 5.32 Å². The van der Waals surface area contributed by atoms with Crippen molar-refractivity contribution < 1.29 is 4.42 Å². The van der Waals surface area contributed by atoms with E-state index in [9.17, 15) is 0 Å². The highest BCUT2D eigenvalue weighted by atomic mass is 16.3. The second-order valence-corrected chi connectivity index (χ2v) is 4.05. The summed E-state index contributed by atoms with van der Waals surface area (Å²) in [4.78, 5) is 0. The van der Waals surface area contributed by atoms with Gasteiger partial charge in [0.15, 0.2) is 0 Å². The van der Waals surface area contributed by atoms with Crippen LogP contribution in [-0.4, -0.2) is 0 Å². The molecule has 0 fully saturated rings. The smallest absolute Gasteiger partial charge is 0.203 e. The van der Waals surface area contributed by atoms with E-state index in [1.54, 1.807) is 6.07 Å². The Bertz CT molecular complexity index is 564. The van der Waals surface area contributed by atoms with Gasteiger partial charge in [-0.15, -0.1) is 0 Å². The fourth-order valence-corrected chi connectivity index (χ4v) is 1.73. The molecule has 0 aliphatic rings. The maximum absolute atomic E-state index is 8.65. The molecule has 2 aromatic rings. The number of nitriles is 1. The molecule has 1 heterocycles. The fourth-order valence-electron chi connectivity index (χ4n) is 1.73. The molecule has 1 aromatic carbocycles.